The van der Waals surface area contributed by atoms with Gasteiger partial charge < -0.3 is 15.7 Å². The first-order chi connectivity index (χ1) is 11.6. The Bertz CT molecular complexity index is 671. The van der Waals surface area contributed by atoms with Gasteiger partial charge in [-0.1, -0.05) is 31.0 Å². The number of aliphatic hydroxyl groups is 1. The summed E-state index contributed by atoms with van der Waals surface area (Å²) < 4.78 is 1.79. The number of hydrogen-bond acceptors (Lipinski definition) is 3. The zero-order valence-corrected chi connectivity index (χ0v) is 13.9. The van der Waals surface area contributed by atoms with Gasteiger partial charge in [-0.25, -0.2) is 9.48 Å². The highest BCUT2D eigenvalue weighted by atomic mass is 16.3. The van der Waals surface area contributed by atoms with E-state index in [1.54, 1.807) is 10.9 Å². The predicted molar refractivity (Wildman–Crippen MR) is 91.9 cm³/mol. The lowest BCUT2D eigenvalue weighted by molar-refractivity contribution is 0.0941. The quantitative estimate of drug-likeness (QED) is 0.807. The van der Waals surface area contributed by atoms with E-state index in [-0.39, 0.29) is 18.1 Å². The number of benzene rings is 1. The van der Waals surface area contributed by atoms with Crippen molar-refractivity contribution >= 4 is 6.03 Å². The Morgan fingerprint density at radius 1 is 1.29 bits per heavy atom. The summed E-state index contributed by atoms with van der Waals surface area (Å²) >= 11 is 0. The minimum Gasteiger partial charge on any atom is -0.391 e. The van der Waals surface area contributed by atoms with Gasteiger partial charge in [0.05, 0.1) is 23.9 Å². The number of carbonyl (C=O) groups is 1. The number of carbonyl (C=O) groups excluding carboxylic acids is 1. The van der Waals surface area contributed by atoms with Gasteiger partial charge in [-0.2, -0.15) is 5.10 Å². The molecule has 1 saturated carbocycles. The largest absolute Gasteiger partial charge is 0.391 e. The molecule has 1 aromatic carbocycles. The van der Waals surface area contributed by atoms with E-state index in [2.05, 4.69) is 15.7 Å². The number of nitrogens with one attached hydrogen (secondary N) is 2. The van der Waals surface area contributed by atoms with Crippen LogP contribution in [0.25, 0.3) is 5.69 Å². The molecule has 3 rings (SSSR count). The van der Waals surface area contributed by atoms with Gasteiger partial charge in [0, 0.05) is 12.4 Å². The van der Waals surface area contributed by atoms with Crippen LogP contribution in [0.1, 0.15) is 44.2 Å². The summed E-state index contributed by atoms with van der Waals surface area (Å²) in [5.41, 5.74) is 1.92. The molecule has 1 fully saturated rings. The van der Waals surface area contributed by atoms with E-state index in [4.69, 9.17) is 0 Å². The van der Waals surface area contributed by atoms with Crippen molar-refractivity contribution < 1.29 is 9.90 Å². The van der Waals surface area contributed by atoms with E-state index < -0.39 is 6.10 Å². The van der Waals surface area contributed by atoms with Crippen LogP contribution < -0.4 is 10.6 Å². The highest BCUT2D eigenvalue weighted by Crippen LogP contribution is 2.21. The average molecular weight is 328 g/mol. The molecule has 2 aromatic rings. The van der Waals surface area contributed by atoms with Crippen LogP contribution in [-0.2, 0) is 0 Å². The summed E-state index contributed by atoms with van der Waals surface area (Å²) in [6, 6.07) is 9.14. The number of aliphatic hydroxyl groups excluding tert-OH is 1. The van der Waals surface area contributed by atoms with Crippen LogP contribution >= 0.6 is 0 Å². The number of nitrogens with zero attached hydrogens (tertiary/aromatic N) is 2. The lowest BCUT2D eigenvalue weighted by Gasteiger charge is -2.29. The van der Waals surface area contributed by atoms with Crippen LogP contribution in [0.5, 0.6) is 0 Å². The van der Waals surface area contributed by atoms with Crippen molar-refractivity contribution in [3.05, 3.63) is 48.3 Å². The van der Waals surface area contributed by atoms with Gasteiger partial charge in [0.15, 0.2) is 0 Å². The number of amides is 2. The summed E-state index contributed by atoms with van der Waals surface area (Å²) in [5.74, 6) is 0. The SMILES string of the molecule is C[C@H](NC(=O)N[C@H]1CCCC[C@H]1O)c1ccccc1-n1cccn1. The molecule has 3 atom stereocenters. The third kappa shape index (κ3) is 3.76. The van der Waals surface area contributed by atoms with Crippen LogP contribution in [-0.4, -0.2) is 33.1 Å². The fourth-order valence-corrected chi connectivity index (χ4v) is 3.24. The summed E-state index contributed by atoms with van der Waals surface area (Å²) in [5, 5.41) is 20.1. The zero-order chi connectivity index (χ0) is 16.9. The maximum absolute atomic E-state index is 12.3. The van der Waals surface area contributed by atoms with Gasteiger partial charge in [-0.3, -0.25) is 0 Å². The fraction of sp³-hybridized carbons (Fsp3) is 0.444. The molecule has 0 spiro atoms. The molecule has 128 valence electrons. The topological polar surface area (TPSA) is 79.2 Å². The molecule has 0 unspecified atom stereocenters. The van der Waals surface area contributed by atoms with Crippen molar-refractivity contribution in [3.8, 4) is 5.69 Å². The Morgan fingerprint density at radius 3 is 2.83 bits per heavy atom. The van der Waals surface area contributed by atoms with Crippen molar-refractivity contribution in [1.82, 2.24) is 20.4 Å². The lowest BCUT2D eigenvalue weighted by atomic mass is 9.93. The van der Waals surface area contributed by atoms with E-state index in [1.165, 1.54) is 0 Å². The molecule has 3 N–H and O–H groups in total. The first-order valence-corrected chi connectivity index (χ1v) is 8.49. The molecule has 2 amide bonds. The molecular formula is C18H24N4O2. The van der Waals surface area contributed by atoms with Crippen LogP contribution in [0, 0.1) is 0 Å². The number of urea groups is 1. The second-order valence-corrected chi connectivity index (χ2v) is 6.31. The summed E-state index contributed by atoms with van der Waals surface area (Å²) in [4.78, 5) is 12.3. The Morgan fingerprint density at radius 2 is 2.08 bits per heavy atom. The third-order valence-corrected chi connectivity index (χ3v) is 4.55. The molecule has 0 bridgehead atoms. The second kappa shape index (κ2) is 7.49. The molecule has 6 nitrogen and oxygen atoms in total. The fourth-order valence-electron chi connectivity index (χ4n) is 3.24. The highest BCUT2D eigenvalue weighted by Gasteiger charge is 2.25. The minimum atomic E-state index is -0.448. The average Bonchev–Trinajstić information content (AvgIpc) is 3.11. The van der Waals surface area contributed by atoms with Gasteiger partial charge in [-0.05, 0) is 37.5 Å². The van der Waals surface area contributed by atoms with E-state index in [1.807, 2.05) is 43.5 Å². The summed E-state index contributed by atoms with van der Waals surface area (Å²) in [6.45, 7) is 1.94. The van der Waals surface area contributed by atoms with Crippen molar-refractivity contribution in [2.75, 3.05) is 0 Å². The Kier molecular flexibility index (Phi) is 5.15. The molecule has 1 aliphatic rings. The predicted octanol–water partition coefficient (Wildman–Crippen LogP) is 2.54. The maximum Gasteiger partial charge on any atom is 0.315 e. The van der Waals surface area contributed by atoms with Crippen molar-refractivity contribution in [2.45, 2.75) is 50.8 Å². The van der Waals surface area contributed by atoms with E-state index >= 15 is 0 Å². The maximum atomic E-state index is 12.3. The molecule has 1 aromatic heterocycles. The summed E-state index contributed by atoms with van der Waals surface area (Å²) in [6.07, 6.45) is 6.80. The van der Waals surface area contributed by atoms with Crippen LogP contribution in [0.2, 0.25) is 0 Å². The Labute approximate surface area is 141 Å². The number of hydrogen-bond donors (Lipinski definition) is 3. The van der Waals surface area contributed by atoms with Gasteiger partial charge in [0.25, 0.3) is 0 Å². The van der Waals surface area contributed by atoms with E-state index in [0.717, 1.165) is 36.9 Å². The number of para-hydroxylation sites is 1. The molecule has 0 saturated heterocycles. The van der Waals surface area contributed by atoms with Gasteiger partial charge >= 0.3 is 6.03 Å². The van der Waals surface area contributed by atoms with Crippen molar-refractivity contribution in [3.63, 3.8) is 0 Å². The minimum absolute atomic E-state index is 0.160. The van der Waals surface area contributed by atoms with Crippen LogP contribution in [0.3, 0.4) is 0 Å². The molecular weight excluding hydrogens is 304 g/mol. The molecule has 0 aliphatic heterocycles. The second-order valence-electron chi connectivity index (χ2n) is 6.31. The highest BCUT2D eigenvalue weighted by molar-refractivity contribution is 5.75. The molecule has 0 radical (unpaired) electrons. The monoisotopic (exact) mass is 328 g/mol. The van der Waals surface area contributed by atoms with Gasteiger partial charge in [0.1, 0.15) is 0 Å². The van der Waals surface area contributed by atoms with Crippen LogP contribution in [0.15, 0.2) is 42.7 Å². The zero-order valence-electron chi connectivity index (χ0n) is 13.9. The van der Waals surface area contributed by atoms with Gasteiger partial charge in [-0.15, -0.1) is 0 Å². The van der Waals surface area contributed by atoms with Crippen molar-refractivity contribution in [2.24, 2.45) is 0 Å². The first-order valence-electron chi connectivity index (χ1n) is 8.49. The molecule has 24 heavy (non-hydrogen) atoms. The molecule has 1 aliphatic carbocycles. The number of rotatable bonds is 4. The van der Waals surface area contributed by atoms with E-state index in [9.17, 15) is 9.90 Å². The van der Waals surface area contributed by atoms with Crippen molar-refractivity contribution in [1.29, 1.82) is 0 Å². The normalized spacial score (nSPS) is 21.9. The van der Waals surface area contributed by atoms with E-state index in [0.29, 0.717) is 0 Å². The van der Waals surface area contributed by atoms with Crippen LogP contribution in [0.4, 0.5) is 4.79 Å². The lowest BCUT2D eigenvalue weighted by Crippen LogP contribution is -2.49. The molecule has 1 heterocycles. The standard InChI is InChI=1S/C18H24N4O2/c1-13(20-18(24)21-15-8-3-5-10-17(15)23)14-7-2-4-9-16(14)22-12-6-11-19-22/h2,4,6-7,9,11-13,15,17,23H,3,5,8,10H2,1H3,(H2,20,21,24)/t13-,15-,17+/m0/s1. The summed E-state index contributed by atoms with van der Waals surface area (Å²) in [7, 11) is 0. The Balaban J connectivity index is 1.67. The first kappa shape index (κ1) is 16.5. The smallest absolute Gasteiger partial charge is 0.315 e. The Hall–Kier alpha value is -2.34. The number of aromatic nitrogens is 2. The third-order valence-electron chi connectivity index (χ3n) is 4.55. The molecule has 6 heteroatoms. The van der Waals surface area contributed by atoms with Gasteiger partial charge in [0.2, 0.25) is 0 Å².